The predicted octanol–water partition coefficient (Wildman–Crippen LogP) is 0.457. The molecular formula is C10H17N3O3S. The second kappa shape index (κ2) is 5.16. The van der Waals surface area contributed by atoms with E-state index >= 15 is 0 Å². The Labute approximate surface area is 101 Å². The van der Waals surface area contributed by atoms with Crippen LogP contribution in [0.2, 0.25) is 0 Å². The van der Waals surface area contributed by atoms with Crippen molar-refractivity contribution in [2.75, 3.05) is 26.8 Å². The lowest BCUT2D eigenvalue weighted by Crippen LogP contribution is -2.39. The van der Waals surface area contributed by atoms with Crippen molar-refractivity contribution < 1.29 is 13.2 Å². The molecule has 0 spiro atoms. The van der Waals surface area contributed by atoms with Gasteiger partial charge in [0.1, 0.15) is 0 Å². The molecule has 1 aromatic rings. The maximum Gasteiger partial charge on any atom is 0.259 e. The van der Waals surface area contributed by atoms with Crippen LogP contribution in [0.3, 0.4) is 0 Å². The fourth-order valence-corrected chi connectivity index (χ4v) is 3.45. The molecule has 0 aromatic carbocycles. The summed E-state index contributed by atoms with van der Waals surface area (Å²) in [5.74, 6) is 0.466. The second-order valence-corrected chi connectivity index (χ2v) is 6.13. The van der Waals surface area contributed by atoms with Crippen LogP contribution in [0.4, 0.5) is 0 Å². The van der Waals surface area contributed by atoms with Gasteiger partial charge in [-0.05, 0) is 24.8 Å². The molecule has 2 rings (SSSR count). The largest absolute Gasteiger partial charge is 0.384 e. The fraction of sp³-hybridized carbons (Fsp3) is 0.700. The van der Waals surface area contributed by atoms with E-state index in [1.54, 1.807) is 7.11 Å². The van der Waals surface area contributed by atoms with Gasteiger partial charge in [0.25, 0.3) is 10.0 Å². The summed E-state index contributed by atoms with van der Waals surface area (Å²) < 4.78 is 30.9. The standard InChI is InChI=1S/C10H17N3O3S/c1-16-8-9-3-6-13(7-4-9)17(14,15)10-2-5-11-12-10/h2,5,9H,3-4,6-8H2,1H3,(H,11,12). The third kappa shape index (κ3) is 2.67. The Morgan fingerprint density at radius 1 is 1.53 bits per heavy atom. The minimum atomic E-state index is -3.38. The van der Waals surface area contributed by atoms with Gasteiger partial charge >= 0.3 is 0 Å². The Kier molecular flexibility index (Phi) is 3.80. The molecule has 1 aliphatic heterocycles. The molecule has 2 heterocycles. The van der Waals surface area contributed by atoms with Crippen molar-refractivity contribution in [1.82, 2.24) is 14.5 Å². The van der Waals surface area contributed by atoms with Gasteiger partial charge < -0.3 is 4.74 Å². The molecule has 0 radical (unpaired) electrons. The van der Waals surface area contributed by atoms with E-state index in [9.17, 15) is 8.42 Å². The summed E-state index contributed by atoms with van der Waals surface area (Å²) >= 11 is 0. The van der Waals surface area contributed by atoms with E-state index in [0.717, 1.165) is 12.8 Å². The zero-order valence-electron chi connectivity index (χ0n) is 9.80. The minimum absolute atomic E-state index is 0.169. The molecule has 1 N–H and O–H groups in total. The van der Waals surface area contributed by atoms with E-state index in [1.807, 2.05) is 0 Å². The van der Waals surface area contributed by atoms with Crippen molar-refractivity contribution in [3.8, 4) is 0 Å². The SMILES string of the molecule is COCC1CCN(S(=O)(=O)c2ccn[nH]2)CC1. The van der Waals surface area contributed by atoms with Gasteiger partial charge in [-0.1, -0.05) is 0 Å². The van der Waals surface area contributed by atoms with E-state index in [2.05, 4.69) is 10.2 Å². The molecule has 17 heavy (non-hydrogen) atoms. The zero-order valence-corrected chi connectivity index (χ0v) is 10.6. The monoisotopic (exact) mass is 259 g/mol. The molecule has 0 atom stereocenters. The second-order valence-electron chi connectivity index (χ2n) is 4.22. The molecule has 1 saturated heterocycles. The van der Waals surface area contributed by atoms with Crippen LogP contribution < -0.4 is 0 Å². The first-order valence-corrected chi connectivity index (χ1v) is 7.07. The van der Waals surface area contributed by atoms with Crippen molar-refractivity contribution in [2.45, 2.75) is 17.9 Å². The summed E-state index contributed by atoms with van der Waals surface area (Å²) in [6.45, 7) is 1.81. The molecular weight excluding hydrogens is 242 g/mol. The number of H-pyrrole nitrogens is 1. The van der Waals surface area contributed by atoms with Gasteiger partial charge in [0.05, 0.1) is 6.20 Å². The highest BCUT2D eigenvalue weighted by molar-refractivity contribution is 7.89. The number of nitrogens with one attached hydrogen (secondary N) is 1. The summed E-state index contributed by atoms with van der Waals surface area (Å²) in [5, 5.41) is 6.35. The van der Waals surface area contributed by atoms with Crippen LogP contribution in [0.25, 0.3) is 0 Å². The Balaban J connectivity index is 2.01. The molecule has 7 heteroatoms. The lowest BCUT2D eigenvalue weighted by molar-refractivity contribution is 0.121. The third-order valence-electron chi connectivity index (χ3n) is 3.07. The van der Waals surface area contributed by atoms with Crippen LogP contribution in [0.15, 0.2) is 17.3 Å². The molecule has 1 aromatic heterocycles. The number of piperidine rings is 1. The molecule has 6 nitrogen and oxygen atoms in total. The van der Waals surface area contributed by atoms with E-state index in [-0.39, 0.29) is 5.03 Å². The van der Waals surface area contributed by atoms with E-state index < -0.39 is 10.0 Å². The fourth-order valence-electron chi connectivity index (χ4n) is 2.08. The lowest BCUT2D eigenvalue weighted by atomic mass is 9.99. The molecule has 96 valence electrons. The average Bonchev–Trinajstić information content (AvgIpc) is 2.84. The summed E-state index contributed by atoms with van der Waals surface area (Å²) in [6.07, 6.45) is 3.15. The zero-order chi connectivity index (χ0) is 12.3. The number of sulfonamides is 1. The molecule has 0 saturated carbocycles. The molecule has 0 aliphatic carbocycles. The van der Waals surface area contributed by atoms with Crippen molar-refractivity contribution in [3.05, 3.63) is 12.3 Å². The predicted molar refractivity (Wildman–Crippen MR) is 61.9 cm³/mol. The highest BCUT2D eigenvalue weighted by Crippen LogP contribution is 2.22. The van der Waals surface area contributed by atoms with Crippen molar-refractivity contribution >= 4 is 10.0 Å². The first-order chi connectivity index (χ1) is 8.14. The van der Waals surface area contributed by atoms with Gasteiger partial charge in [0.2, 0.25) is 0 Å². The lowest BCUT2D eigenvalue weighted by Gasteiger charge is -2.30. The first kappa shape index (κ1) is 12.5. The van der Waals surface area contributed by atoms with Crippen LogP contribution >= 0.6 is 0 Å². The van der Waals surface area contributed by atoms with Crippen molar-refractivity contribution in [1.29, 1.82) is 0 Å². The molecule has 1 fully saturated rings. The molecule has 1 aliphatic rings. The topological polar surface area (TPSA) is 75.3 Å². The maximum atomic E-state index is 12.1. The van der Waals surface area contributed by atoms with Gasteiger partial charge in [0, 0.05) is 26.8 Å². The van der Waals surface area contributed by atoms with E-state index in [1.165, 1.54) is 16.6 Å². The summed E-state index contributed by atoms with van der Waals surface area (Å²) in [4.78, 5) is 0. The number of hydrogen-bond acceptors (Lipinski definition) is 4. The van der Waals surface area contributed by atoms with Gasteiger partial charge in [-0.25, -0.2) is 8.42 Å². The minimum Gasteiger partial charge on any atom is -0.384 e. The number of aromatic amines is 1. The van der Waals surface area contributed by atoms with E-state index in [4.69, 9.17) is 4.74 Å². The average molecular weight is 259 g/mol. The number of aromatic nitrogens is 2. The van der Waals surface area contributed by atoms with Crippen molar-refractivity contribution in [2.24, 2.45) is 5.92 Å². The normalized spacial score (nSPS) is 19.6. The molecule has 0 amide bonds. The smallest absolute Gasteiger partial charge is 0.259 e. The summed E-state index contributed by atoms with van der Waals surface area (Å²) in [5.41, 5.74) is 0. The Bertz CT molecular complexity index is 435. The number of nitrogens with zero attached hydrogens (tertiary/aromatic N) is 2. The number of ether oxygens (including phenoxy) is 1. The Morgan fingerprint density at radius 3 is 2.76 bits per heavy atom. The van der Waals surface area contributed by atoms with Crippen LogP contribution in [0, 0.1) is 5.92 Å². The van der Waals surface area contributed by atoms with Crippen LogP contribution in [0.1, 0.15) is 12.8 Å². The number of hydrogen-bond donors (Lipinski definition) is 1. The third-order valence-corrected chi connectivity index (χ3v) is 4.90. The van der Waals surface area contributed by atoms with Crippen molar-refractivity contribution in [3.63, 3.8) is 0 Å². The highest BCUT2D eigenvalue weighted by atomic mass is 32.2. The van der Waals surface area contributed by atoms with Gasteiger partial charge in [-0.15, -0.1) is 0 Å². The Hall–Kier alpha value is -0.920. The summed E-state index contributed by atoms with van der Waals surface area (Å²) in [6, 6.07) is 1.48. The van der Waals surface area contributed by atoms with Gasteiger partial charge in [0.15, 0.2) is 5.03 Å². The van der Waals surface area contributed by atoms with Crippen LogP contribution in [-0.4, -0.2) is 49.7 Å². The van der Waals surface area contributed by atoms with Crippen LogP contribution in [-0.2, 0) is 14.8 Å². The molecule has 0 bridgehead atoms. The highest BCUT2D eigenvalue weighted by Gasteiger charge is 2.29. The number of methoxy groups -OCH3 is 1. The molecule has 0 unspecified atom stereocenters. The van der Waals surface area contributed by atoms with Gasteiger partial charge in [-0.3, -0.25) is 5.10 Å². The first-order valence-electron chi connectivity index (χ1n) is 5.63. The summed E-state index contributed by atoms with van der Waals surface area (Å²) in [7, 11) is -1.71. The van der Waals surface area contributed by atoms with Crippen LogP contribution in [0.5, 0.6) is 0 Å². The number of rotatable bonds is 4. The Morgan fingerprint density at radius 2 is 2.24 bits per heavy atom. The quantitative estimate of drug-likeness (QED) is 0.852. The van der Waals surface area contributed by atoms with E-state index in [0.29, 0.717) is 25.6 Å². The maximum absolute atomic E-state index is 12.1. The van der Waals surface area contributed by atoms with Gasteiger partial charge in [-0.2, -0.15) is 9.40 Å².